The molecule has 1 unspecified atom stereocenters. The molecule has 0 spiro atoms. The van der Waals surface area contributed by atoms with Crippen molar-refractivity contribution in [1.82, 2.24) is 0 Å². The maximum absolute atomic E-state index is 11.8. The summed E-state index contributed by atoms with van der Waals surface area (Å²) in [6.07, 6.45) is 1.33. The Hall–Kier alpha value is -1.63. The van der Waals surface area contributed by atoms with Gasteiger partial charge in [0.25, 0.3) is 5.91 Å². The Morgan fingerprint density at radius 1 is 1.20 bits per heavy atom. The number of ether oxygens (including phenoxy) is 1. The number of nitrogens with one attached hydrogen (secondary N) is 2. The third-order valence-electron chi connectivity index (χ3n) is 2.84. The molecule has 1 aliphatic heterocycles. The predicted octanol–water partition coefficient (Wildman–Crippen LogP) is 1.12. The number of carbonyl (C=O) groups is 2. The Kier molecular flexibility index (Phi) is 6.44. The molecule has 1 aromatic rings. The predicted molar refractivity (Wildman–Crippen MR) is 79.0 cm³/mol. The normalized spacial score (nSPS) is 17.1. The molecule has 2 amide bonds. The smallest absolute Gasteiger partial charge is 0.253 e. The highest BCUT2D eigenvalue weighted by atomic mass is 35.5. The highest BCUT2D eigenvalue weighted by molar-refractivity contribution is 5.95. The fourth-order valence-electron chi connectivity index (χ4n) is 1.86. The van der Waals surface area contributed by atoms with Gasteiger partial charge in [-0.05, 0) is 37.1 Å². The Morgan fingerprint density at radius 2 is 1.80 bits per heavy atom. The molecule has 6 nitrogen and oxygen atoms in total. The molecule has 1 saturated heterocycles. The third kappa shape index (κ3) is 4.48. The number of halogens is 1. The molecular weight excluding hydrogens is 282 g/mol. The molecule has 1 atom stereocenters. The van der Waals surface area contributed by atoms with Crippen LogP contribution in [0.3, 0.4) is 0 Å². The van der Waals surface area contributed by atoms with E-state index in [0.717, 1.165) is 12.8 Å². The SMILES string of the molecule is Cl.NCC(=O)Nc1ccc(NC(=O)C2CCCO2)cc1. The number of hydrogen-bond donors (Lipinski definition) is 3. The van der Waals surface area contributed by atoms with E-state index in [9.17, 15) is 9.59 Å². The summed E-state index contributed by atoms with van der Waals surface area (Å²) in [6.45, 7) is 0.583. The van der Waals surface area contributed by atoms with Crippen LogP contribution in [0.25, 0.3) is 0 Å². The first-order valence-corrected chi connectivity index (χ1v) is 6.21. The van der Waals surface area contributed by atoms with E-state index in [1.54, 1.807) is 24.3 Å². The van der Waals surface area contributed by atoms with Gasteiger partial charge in [-0.3, -0.25) is 9.59 Å². The summed E-state index contributed by atoms with van der Waals surface area (Å²) < 4.78 is 5.29. The zero-order valence-corrected chi connectivity index (χ0v) is 11.7. The average molecular weight is 300 g/mol. The van der Waals surface area contributed by atoms with Gasteiger partial charge in [-0.1, -0.05) is 0 Å². The van der Waals surface area contributed by atoms with Gasteiger partial charge in [-0.25, -0.2) is 0 Å². The number of nitrogens with two attached hydrogens (primary N) is 1. The highest BCUT2D eigenvalue weighted by Crippen LogP contribution is 2.17. The summed E-state index contributed by atoms with van der Waals surface area (Å²) in [4.78, 5) is 22.9. The van der Waals surface area contributed by atoms with Crippen LogP contribution in [0.4, 0.5) is 11.4 Å². The molecule has 1 aliphatic rings. The van der Waals surface area contributed by atoms with E-state index in [4.69, 9.17) is 10.5 Å². The van der Waals surface area contributed by atoms with Crippen molar-refractivity contribution < 1.29 is 14.3 Å². The van der Waals surface area contributed by atoms with Gasteiger partial charge >= 0.3 is 0 Å². The van der Waals surface area contributed by atoms with Crippen LogP contribution >= 0.6 is 12.4 Å². The van der Waals surface area contributed by atoms with Gasteiger partial charge in [0.15, 0.2) is 0 Å². The molecule has 1 aromatic carbocycles. The molecule has 0 aromatic heterocycles. The average Bonchev–Trinajstić information content (AvgIpc) is 2.95. The lowest BCUT2D eigenvalue weighted by atomic mass is 10.2. The number of amides is 2. The van der Waals surface area contributed by atoms with E-state index in [1.165, 1.54) is 0 Å². The van der Waals surface area contributed by atoms with E-state index in [-0.39, 0.29) is 36.9 Å². The van der Waals surface area contributed by atoms with Crippen molar-refractivity contribution in [3.8, 4) is 0 Å². The largest absolute Gasteiger partial charge is 0.368 e. The van der Waals surface area contributed by atoms with Gasteiger partial charge in [0.1, 0.15) is 6.10 Å². The van der Waals surface area contributed by atoms with Gasteiger partial charge < -0.3 is 21.1 Å². The molecule has 0 saturated carbocycles. The summed E-state index contributed by atoms with van der Waals surface area (Å²) in [5.41, 5.74) is 6.52. The molecule has 110 valence electrons. The van der Waals surface area contributed by atoms with Crippen molar-refractivity contribution in [1.29, 1.82) is 0 Å². The van der Waals surface area contributed by atoms with E-state index < -0.39 is 0 Å². The van der Waals surface area contributed by atoms with Crippen LogP contribution in [-0.2, 0) is 14.3 Å². The van der Waals surface area contributed by atoms with Crippen molar-refractivity contribution in [3.05, 3.63) is 24.3 Å². The first-order chi connectivity index (χ1) is 9.19. The lowest BCUT2D eigenvalue weighted by molar-refractivity contribution is -0.124. The molecule has 4 N–H and O–H groups in total. The second-order valence-electron chi connectivity index (χ2n) is 4.32. The highest BCUT2D eigenvalue weighted by Gasteiger charge is 2.23. The molecule has 2 rings (SSSR count). The minimum absolute atomic E-state index is 0. The molecule has 0 radical (unpaired) electrons. The maximum atomic E-state index is 11.8. The van der Waals surface area contributed by atoms with Crippen molar-refractivity contribution in [3.63, 3.8) is 0 Å². The molecular formula is C13H18ClN3O3. The van der Waals surface area contributed by atoms with Crippen LogP contribution < -0.4 is 16.4 Å². The quantitative estimate of drug-likeness (QED) is 0.777. The Labute approximate surface area is 123 Å². The van der Waals surface area contributed by atoms with Gasteiger partial charge in [0.05, 0.1) is 6.54 Å². The van der Waals surface area contributed by atoms with E-state index in [1.807, 2.05) is 0 Å². The van der Waals surface area contributed by atoms with Gasteiger partial charge in [0, 0.05) is 18.0 Å². The van der Waals surface area contributed by atoms with Gasteiger partial charge in [-0.15, -0.1) is 12.4 Å². The zero-order valence-electron chi connectivity index (χ0n) is 10.9. The van der Waals surface area contributed by atoms with Crippen LogP contribution in [0.1, 0.15) is 12.8 Å². The van der Waals surface area contributed by atoms with Gasteiger partial charge in [0.2, 0.25) is 5.91 Å². The van der Waals surface area contributed by atoms with Crippen LogP contribution in [-0.4, -0.2) is 31.1 Å². The fraction of sp³-hybridized carbons (Fsp3) is 0.385. The Balaban J connectivity index is 0.00000200. The first kappa shape index (κ1) is 16.4. The number of carbonyl (C=O) groups excluding carboxylic acids is 2. The molecule has 0 bridgehead atoms. The fourth-order valence-corrected chi connectivity index (χ4v) is 1.86. The lowest BCUT2D eigenvalue weighted by Gasteiger charge is -2.11. The molecule has 1 heterocycles. The van der Waals surface area contributed by atoms with Crippen LogP contribution in [0.5, 0.6) is 0 Å². The summed E-state index contributed by atoms with van der Waals surface area (Å²) in [5, 5.41) is 5.40. The number of anilines is 2. The Bertz CT molecular complexity index is 458. The summed E-state index contributed by atoms with van der Waals surface area (Å²) in [6, 6.07) is 6.86. The maximum Gasteiger partial charge on any atom is 0.253 e. The van der Waals surface area contributed by atoms with Crippen molar-refractivity contribution in [2.24, 2.45) is 5.73 Å². The molecule has 7 heteroatoms. The minimum atomic E-state index is -0.350. The lowest BCUT2D eigenvalue weighted by Crippen LogP contribution is -2.26. The molecule has 20 heavy (non-hydrogen) atoms. The van der Waals surface area contributed by atoms with Crippen molar-refractivity contribution in [2.75, 3.05) is 23.8 Å². The number of rotatable bonds is 4. The second kappa shape index (κ2) is 7.84. The number of hydrogen-bond acceptors (Lipinski definition) is 4. The van der Waals surface area contributed by atoms with E-state index >= 15 is 0 Å². The van der Waals surface area contributed by atoms with Gasteiger partial charge in [-0.2, -0.15) is 0 Å². The Morgan fingerprint density at radius 3 is 2.30 bits per heavy atom. The van der Waals surface area contributed by atoms with Crippen LogP contribution in [0, 0.1) is 0 Å². The molecule has 1 fully saturated rings. The summed E-state index contributed by atoms with van der Waals surface area (Å²) in [5.74, 6) is -0.382. The van der Waals surface area contributed by atoms with E-state index in [0.29, 0.717) is 18.0 Å². The van der Waals surface area contributed by atoms with Crippen molar-refractivity contribution >= 4 is 35.6 Å². The first-order valence-electron chi connectivity index (χ1n) is 6.21. The third-order valence-corrected chi connectivity index (χ3v) is 2.84. The minimum Gasteiger partial charge on any atom is -0.368 e. The standard InChI is InChI=1S/C13H17N3O3.ClH/c14-8-12(17)15-9-3-5-10(6-4-9)16-13(18)11-2-1-7-19-11;/h3-6,11H,1-2,7-8,14H2,(H,15,17)(H,16,18);1H. The summed E-state index contributed by atoms with van der Waals surface area (Å²) in [7, 11) is 0. The molecule has 0 aliphatic carbocycles. The zero-order chi connectivity index (χ0) is 13.7. The van der Waals surface area contributed by atoms with Crippen LogP contribution in [0.15, 0.2) is 24.3 Å². The summed E-state index contributed by atoms with van der Waals surface area (Å²) >= 11 is 0. The number of benzene rings is 1. The monoisotopic (exact) mass is 299 g/mol. The van der Waals surface area contributed by atoms with E-state index in [2.05, 4.69) is 10.6 Å². The second-order valence-corrected chi connectivity index (χ2v) is 4.32. The van der Waals surface area contributed by atoms with Crippen molar-refractivity contribution in [2.45, 2.75) is 18.9 Å². The topological polar surface area (TPSA) is 93.5 Å². The van der Waals surface area contributed by atoms with Crippen LogP contribution in [0.2, 0.25) is 0 Å².